The summed E-state index contributed by atoms with van der Waals surface area (Å²) < 4.78 is 61.7. The summed E-state index contributed by atoms with van der Waals surface area (Å²) in [6.07, 6.45) is 5.55. The van der Waals surface area contributed by atoms with Crippen LogP contribution in [0.5, 0.6) is 0 Å². The molecule has 0 amide bonds. The monoisotopic (exact) mass is 782 g/mol. The fourth-order valence-corrected chi connectivity index (χ4v) is 11.7. The molecular formula is C31H53Na3O12S3. The summed E-state index contributed by atoms with van der Waals surface area (Å²) in [4.78, 5) is 0. The van der Waals surface area contributed by atoms with Crippen LogP contribution in [0.1, 0.15) is 113 Å². The summed E-state index contributed by atoms with van der Waals surface area (Å²) >= 11 is 0.696. The van der Waals surface area contributed by atoms with E-state index < -0.39 is 34.1 Å². The molecule has 0 radical (unpaired) electrons. The standard InChI is InChI=1S/C31H56O12S3.3Na/c1-18(2)29(5,6)20(4)10-9-19(3)22-11-12-23-21-15-26(39-46(34,35)36)25-16-27(37-44-42-40-32)28(38-45-43-41-33)17-31(25,8)24(21)13-14-30(22,23)7;;;/h18-28,32-33H,9-17H2,1-8H3,(H,34,35,36);;;/q;3*+1/p-3/t19?,20?,21?,22?,23?,24?,25?,26?,27?,28-,30+,31+;;;/m0.../s1. The molecule has 0 saturated heterocycles. The van der Waals surface area contributed by atoms with Crippen molar-refractivity contribution in [1.82, 2.24) is 0 Å². The normalized spacial score (nSPS) is 37.1. The first-order chi connectivity index (χ1) is 21.5. The molecule has 0 N–H and O–H groups in total. The molecule has 4 aliphatic rings. The minimum Gasteiger partial charge on any atom is -0.726 e. The van der Waals surface area contributed by atoms with Crippen LogP contribution in [0.15, 0.2) is 0 Å². The van der Waals surface area contributed by atoms with E-state index in [9.17, 15) is 23.5 Å². The van der Waals surface area contributed by atoms with Gasteiger partial charge < -0.3 is 15.1 Å². The van der Waals surface area contributed by atoms with Crippen molar-refractivity contribution in [1.29, 1.82) is 0 Å². The molecule has 0 aliphatic heterocycles. The Morgan fingerprint density at radius 2 is 1.37 bits per heavy atom. The van der Waals surface area contributed by atoms with E-state index in [1.54, 1.807) is 0 Å². The van der Waals surface area contributed by atoms with E-state index in [4.69, 9.17) is 12.5 Å². The molecule has 0 spiro atoms. The first-order valence-electron chi connectivity index (χ1n) is 16.7. The van der Waals surface area contributed by atoms with Gasteiger partial charge in [0.1, 0.15) is 12.2 Å². The number of hydrogen-bond acceptors (Lipinski definition) is 14. The third-order valence-electron chi connectivity index (χ3n) is 13.9. The van der Waals surface area contributed by atoms with E-state index in [-0.39, 0.29) is 124 Å². The summed E-state index contributed by atoms with van der Waals surface area (Å²) in [7, 11) is -4.99. The van der Waals surface area contributed by atoms with Gasteiger partial charge in [0.15, 0.2) is 24.6 Å². The SMILES string of the molecule is CC(CCC(C)C(C)(C)C(C)C)C1CCC2C3CC(OS(=O)(=O)[O-])C4CC(OSOO[O-])[C@@H](OSOO[O-])C[C@]4(C)C3CC[C@]12C.[Na+].[Na+].[Na+]. The van der Waals surface area contributed by atoms with Crippen LogP contribution >= 0.6 is 24.6 Å². The molecule has 9 unspecified atom stereocenters. The van der Waals surface area contributed by atoms with Gasteiger partial charge in [-0.25, -0.2) is 8.42 Å². The molecule has 0 aromatic heterocycles. The number of rotatable bonds is 16. The zero-order chi connectivity index (χ0) is 34.1. The molecule has 0 heterocycles. The van der Waals surface area contributed by atoms with E-state index in [0.717, 1.165) is 25.7 Å². The first-order valence-corrected chi connectivity index (χ1v) is 19.4. The largest absolute Gasteiger partial charge is 1.00 e. The van der Waals surface area contributed by atoms with Crippen molar-refractivity contribution in [2.45, 2.75) is 131 Å². The Labute approximate surface area is 369 Å². The molecule has 0 bridgehead atoms. The fraction of sp³-hybridized carbons (Fsp3) is 1.00. The Kier molecular flexibility index (Phi) is 21.7. The van der Waals surface area contributed by atoms with Gasteiger partial charge in [0.25, 0.3) is 0 Å². The Balaban J connectivity index is 0.00000400. The van der Waals surface area contributed by atoms with E-state index in [0.29, 0.717) is 67.1 Å². The summed E-state index contributed by atoms with van der Waals surface area (Å²) in [5.41, 5.74) is -0.0943. The smallest absolute Gasteiger partial charge is 0.726 e. The van der Waals surface area contributed by atoms with Crippen molar-refractivity contribution in [3.8, 4) is 0 Å². The molecule has 12 nitrogen and oxygen atoms in total. The maximum atomic E-state index is 12.1. The second-order valence-electron chi connectivity index (χ2n) is 16.0. The van der Waals surface area contributed by atoms with Crippen LogP contribution < -0.4 is 99.2 Å². The zero-order valence-corrected chi connectivity index (χ0v) is 39.8. The van der Waals surface area contributed by atoms with Crippen molar-refractivity contribution in [2.75, 3.05) is 0 Å². The van der Waals surface area contributed by atoms with Crippen LogP contribution in [0.3, 0.4) is 0 Å². The van der Waals surface area contributed by atoms with Crippen molar-refractivity contribution < 1.29 is 143 Å². The van der Waals surface area contributed by atoms with Gasteiger partial charge in [-0.1, -0.05) is 61.8 Å². The molecule has 12 atom stereocenters. The minimum absolute atomic E-state index is 0. The molecule has 4 rings (SSSR count). The second kappa shape index (κ2) is 21.1. The molecule has 18 heteroatoms. The van der Waals surface area contributed by atoms with Crippen molar-refractivity contribution in [3.63, 3.8) is 0 Å². The molecule has 0 aromatic carbocycles. The molecular weight excluding hydrogens is 730 g/mol. The van der Waals surface area contributed by atoms with Gasteiger partial charge in [-0.05, 0) is 115 Å². The van der Waals surface area contributed by atoms with E-state index in [2.05, 4.69) is 74.1 Å². The van der Waals surface area contributed by atoms with Crippen LogP contribution in [0.4, 0.5) is 0 Å². The Morgan fingerprint density at radius 1 is 0.796 bits per heavy atom. The van der Waals surface area contributed by atoms with Crippen LogP contribution in [-0.4, -0.2) is 31.3 Å². The Bertz CT molecular complexity index is 1110. The minimum atomic E-state index is -4.99. The van der Waals surface area contributed by atoms with Crippen LogP contribution in [-0.2, 0) is 41.7 Å². The van der Waals surface area contributed by atoms with Gasteiger partial charge in [-0.2, -0.15) is 0 Å². The van der Waals surface area contributed by atoms with Crippen LogP contribution in [0, 0.1) is 63.6 Å². The molecule has 0 aromatic rings. The number of fused-ring (bicyclic) bond motifs is 5. The van der Waals surface area contributed by atoms with Crippen molar-refractivity contribution >= 4 is 35.0 Å². The van der Waals surface area contributed by atoms with E-state index >= 15 is 0 Å². The molecule has 4 aliphatic carbocycles. The number of hydrogen-bond donors (Lipinski definition) is 0. The fourth-order valence-electron chi connectivity index (χ4n) is 10.5. The van der Waals surface area contributed by atoms with Gasteiger partial charge in [0.2, 0.25) is 10.4 Å². The summed E-state index contributed by atoms with van der Waals surface area (Å²) in [5, 5.41) is 27.6. The average molecular weight is 783 g/mol. The quantitative estimate of drug-likeness (QED) is 0.0292. The molecule has 4 saturated carbocycles. The van der Waals surface area contributed by atoms with Crippen molar-refractivity contribution in [3.05, 3.63) is 0 Å². The average Bonchev–Trinajstić information content (AvgIpc) is 3.33. The Hall–Kier alpha value is 3.25. The van der Waals surface area contributed by atoms with Crippen molar-refractivity contribution in [2.24, 2.45) is 63.6 Å². The summed E-state index contributed by atoms with van der Waals surface area (Å²) in [6.45, 7) is 18.8. The summed E-state index contributed by atoms with van der Waals surface area (Å²) in [5.74, 6) is 2.79. The van der Waals surface area contributed by atoms with Gasteiger partial charge in [-0.15, -0.1) is 8.67 Å². The molecule has 270 valence electrons. The van der Waals surface area contributed by atoms with Crippen LogP contribution in [0.25, 0.3) is 0 Å². The van der Waals surface area contributed by atoms with Crippen LogP contribution in [0.2, 0.25) is 0 Å². The zero-order valence-electron chi connectivity index (χ0n) is 31.3. The topological polar surface area (TPSA) is 168 Å². The van der Waals surface area contributed by atoms with Gasteiger partial charge in [0, 0.05) is 0 Å². The van der Waals surface area contributed by atoms with Gasteiger partial charge in [-0.3, -0.25) is 22.6 Å². The summed E-state index contributed by atoms with van der Waals surface area (Å²) in [6, 6.07) is 0. The maximum absolute atomic E-state index is 12.1. The predicted molar refractivity (Wildman–Crippen MR) is 166 cm³/mol. The third kappa shape index (κ3) is 11.7. The van der Waals surface area contributed by atoms with Gasteiger partial charge >= 0.3 is 88.7 Å². The third-order valence-corrected chi connectivity index (χ3v) is 15.2. The van der Waals surface area contributed by atoms with E-state index in [1.165, 1.54) is 12.8 Å². The maximum Gasteiger partial charge on any atom is 1.00 e. The Morgan fingerprint density at radius 3 is 1.92 bits per heavy atom. The molecule has 49 heavy (non-hydrogen) atoms. The molecule has 4 fully saturated rings. The van der Waals surface area contributed by atoms with E-state index in [1.807, 2.05) is 0 Å². The van der Waals surface area contributed by atoms with Gasteiger partial charge in [0.05, 0.1) is 6.10 Å². The first kappa shape index (κ1) is 50.3. The second-order valence-corrected chi connectivity index (χ2v) is 18.0. The predicted octanol–water partition coefficient (Wildman–Crippen LogP) is -3.20.